The van der Waals surface area contributed by atoms with Crippen LogP contribution in [-0.4, -0.2) is 16.1 Å². The van der Waals surface area contributed by atoms with Gasteiger partial charge in [0, 0.05) is 11.6 Å². The van der Waals surface area contributed by atoms with Gasteiger partial charge in [-0.05, 0) is 54.1 Å². The molecule has 1 fully saturated rings. The first-order valence-electron chi connectivity index (χ1n) is 10.9. The van der Waals surface area contributed by atoms with Crippen LogP contribution in [0.3, 0.4) is 0 Å². The van der Waals surface area contributed by atoms with E-state index in [-0.39, 0.29) is 22.3 Å². The molecule has 1 aliphatic carbocycles. The van der Waals surface area contributed by atoms with E-state index in [4.69, 9.17) is 34.8 Å². The zero-order chi connectivity index (χ0) is 29.8. The zero-order valence-electron chi connectivity index (χ0n) is 19.3. The van der Waals surface area contributed by atoms with Gasteiger partial charge in [-0.2, -0.15) is 26.3 Å². The van der Waals surface area contributed by atoms with Crippen LogP contribution >= 0.6 is 34.8 Å². The number of carbonyl (C=O) groups is 2. The third-order valence-corrected chi connectivity index (χ3v) is 7.25. The summed E-state index contributed by atoms with van der Waals surface area (Å²) in [7, 11) is 0. The first-order chi connectivity index (χ1) is 18.4. The van der Waals surface area contributed by atoms with Gasteiger partial charge in [0.1, 0.15) is 21.7 Å². The van der Waals surface area contributed by atoms with Crippen LogP contribution in [-0.2, 0) is 17.1 Å². The summed E-state index contributed by atoms with van der Waals surface area (Å²) < 4.78 is 105. The van der Waals surface area contributed by atoms with Crippen LogP contribution in [0.25, 0.3) is 0 Å². The molecule has 40 heavy (non-hydrogen) atoms. The average molecular weight is 632 g/mol. The number of alkyl halides is 8. The van der Waals surface area contributed by atoms with Crippen LogP contribution in [0.4, 0.5) is 46.5 Å². The largest absolute Gasteiger partial charge is 0.416 e. The fourth-order valence-corrected chi connectivity index (χ4v) is 5.05. The van der Waals surface area contributed by atoms with Gasteiger partial charge in [0.15, 0.2) is 0 Å². The van der Waals surface area contributed by atoms with Gasteiger partial charge in [-0.25, -0.2) is 8.78 Å². The van der Waals surface area contributed by atoms with E-state index in [1.807, 2.05) is 5.32 Å². The van der Waals surface area contributed by atoms with Gasteiger partial charge in [-0.1, -0.05) is 17.7 Å². The first kappa shape index (κ1) is 29.9. The summed E-state index contributed by atoms with van der Waals surface area (Å²) in [6.07, 6.45) is -10.3. The Morgan fingerprint density at radius 1 is 0.800 bits per heavy atom. The molecule has 3 aromatic carbocycles. The van der Waals surface area contributed by atoms with Crippen molar-refractivity contribution in [3.05, 3.63) is 93.5 Å². The molecule has 1 aliphatic rings. The molecule has 0 radical (unpaired) electrons. The van der Waals surface area contributed by atoms with E-state index in [1.165, 1.54) is 6.07 Å². The Hall–Kier alpha value is -3.09. The second-order valence-electron chi connectivity index (χ2n) is 8.70. The molecule has 3 aromatic rings. The Morgan fingerprint density at radius 2 is 1.35 bits per heavy atom. The van der Waals surface area contributed by atoms with Crippen LogP contribution in [0.1, 0.15) is 33.0 Å². The maximum atomic E-state index is 13.9. The second-order valence-corrected chi connectivity index (χ2v) is 10.6. The van der Waals surface area contributed by atoms with E-state index in [0.717, 1.165) is 30.3 Å². The molecule has 0 heterocycles. The highest BCUT2D eigenvalue weighted by Crippen LogP contribution is 2.65. The monoisotopic (exact) mass is 630 g/mol. The molecule has 212 valence electrons. The Labute approximate surface area is 235 Å². The number of para-hydroxylation sites is 1. The fourth-order valence-electron chi connectivity index (χ4n) is 4.02. The number of hydrogen-bond acceptors (Lipinski definition) is 2. The maximum absolute atomic E-state index is 13.9. The molecule has 0 aromatic heterocycles. The minimum absolute atomic E-state index is 0.0709. The minimum atomic E-state index is -5.13. The van der Waals surface area contributed by atoms with Gasteiger partial charge in [0.25, 0.3) is 5.91 Å². The van der Waals surface area contributed by atoms with Crippen molar-refractivity contribution >= 4 is 58.0 Å². The van der Waals surface area contributed by atoms with Crippen molar-refractivity contribution in [1.82, 2.24) is 0 Å². The zero-order valence-corrected chi connectivity index (χ0v) is 21.6. The van der Waals surface area contributed by atoms with E-state index >= 15 is 0 Å². The number of nitrogens with one attached hydrogen (secondary N) is 2. The first-order valence-corrected chi connectivity index (χ1v) is 12.1. The van der Waals surface area contributed by atoms with Crippen molar-refractivity contribution in [3.63, 3.8) is 0 Å². The Balaban J connectivity index is 1.58. The van der Waals surface area contributed by atoms with E-state index in [1.54, 1.807) is 0 Å². The number of rotatable bonds is 5. The summed E-state index contributed by atoms with van der Waals surface area (Å²) in [6, 6.07) is 7.06. The number of amides is 2. The molecule has 2 N–H and O–H groups in total. The lowest BCUT2D eigenvalue weighted by Gasteiger charge is -2.14. The predicted molar refractivity (Wildman–Crippen MR) is 132 cm³/mol. The Kier molecular flexibility index (Phi) is 7.76. The molecular formula is C25H13Cl3F8N2O2. The molecule has 4 nitrogen and oxygen atoms in total. The topological polar surface area (TPSA) is 58.2 Å². The normalized spacial score (nSPS) is 18.3. The third-order valence-electron chi connectivity index (χ3n) is 5.98. The highest BCUT2D eigenvalue weighted by Gasteiger charge is 2.68. The number of halogens is 11. The van der Waals surface area contributed by atoms with Gasteiger partial charge >= 0.3 is 12.4 Å². The maximum Gasteiger partial charge on any atom is 0.416 e. The molecular weight excluding hydrogens is 619 g/mol. The van der Waals surface area contributed by atoms with Crippen molar-refractivity contribution in [2.45, 2.75) is 22.6 Å². The van der Waals surface area contributed by atoms with Crippen LogP contribution < -0.4 is 10.6 Å². The molecule has 0 saturated heterocycles. The summed E-state index contributed by atoms with van der Waals surface area (Å²) >= 11 is 18.2. The summed E-state index contributed by atoms with van der Waals surface area (Å²) in [6.45, 7) is 0. The van der Waals surface area contributed by atoms with Gasteiger partial charge < -0.3 is 10.6 Å². The highest BCUT2D eigenvalue weighted by atomic mass is 35.5. The highest BCUT2D eigenvalue weighted by molar-refractivity contribution is 6.53. The third kappa shape index (κ3) is 5.98. The summed E-state index contributed by atoms with van der Waals surface area (Å²) in [5, 5.41) is 4.16. The molecule has 1 saturated carbocycles. The van der Waals surface area contributed by atoms with Crippen LogP contribution in [0, 0.1) is 17.6 Å². The smallest absolute Gasteiger partial charge is 0.326 e. The van der Waals surface area contributed by atoms with Crippen molar-refractivity contribution in [2.24, 2.45) is 5.92 Å². The Bertz CT molecular complexity index is 1460. The minimum Gasteiger partial charge on any atom is -0.326 e. The molecule has 0 unspecified atom stereocenters. The van der Waals surface area contributed by atoms with Crippen molar-refractivity contribution in [3.8, 4) is 0 Å². The van der Waals surface area contributed by atoms with E-state index < -0.39 is 74.3 Å². The average Bonchev–Trinajstić information content (AvgIpc) is 3.43. The molecule has 0 bridgehead atoms. The van der Waals surface area contributed by atoms with Gasteiger partial charge in [0.05, 0.1) is 27.6 Å². The summed E-state index contributed by atoms with van der Waals surface area (Å²) in [5.74, 6) is -7.12. The Morgan fingerprint density at radius 3 is 1.88 bits per heavy atom. The van der Waals surface area contributed by atoms with Crippen molar-refractivity contribution in [2.75, 3.05) is 10.6 Å². The van der Waals surface area contributed by atoms with E-state index in [2.05, 4.69) is 5.32 Å². The standard InChI is InChI=1S/C25H13Cl3F8N2O2/c26-15-5-4-13(9-14(15)21(39)38-20-16(29)2-1-3-17(20)30)37-22(40)19-18(23(19,27)28)10-6-11(24(31,32)33)8-12(7-10)25(34,35)36/h1-9,18-19H,(H,37,40)(H,38,39)/t18-,19+/m1/s1. The number of carbonyl (C=O) groups excluding carboxylic acids is 2. The number of hydrogen-bond donors (Lipinski definition) is 2. The van der Waals surface area contributed by atoms with E-state index in [9.17, 15) is 44.7 Å². The molecule has 0 aliphatic heterocycles. The molecule has 15 heteroatoms. The summed E-state index contributed by atoms with van der Waals surface area (Å²) in [4.78, 5) is 25.5. The SMILES string of the molecule is O=C(Nc1c(F)cccc1F)c1cc(NC(=O)[C@@H]2[C@@H](c3cc(C(F)(F)F)cc(C(F)(F)F)c3)C2(Cl)Cl)ccc1Cl. The lowest BCUT2D eigenvalue weighted by molar-refractivity contribution is -0.143. The van der Waals surface area contributed by atoms with Crippen LogP contribution in [0.2, 0.25) is 5.02 Å². The number of anilines is 2. The van der Waals surface area contributed by atoms with Gasteiger partial charge in [-0.3, -0.25) is 9.59 Å². The number of benzene rings is 3. The van der Waals surface area contributed by atoms with Crippen molar-refractivity contribution < 1.29 is 44.7 Å². The summed E-state index contributed by atoms with van der Waals surface area (Å²) in [5.41, 5.74) is -4.96. The lowest BCUT2D eigenvalue weighted by Crippen LogP contribution is -2.19. The molecule has 4 rings (SSSR count). The van der Waals surface area contributed by atoms with Crippen molar-refractivity contribution in [1.29, 1.82) is 0 Å². The predicted octanol–water partition coefficient (Wildman–Crippen LogP) is 8.43. The van der Waals surface area contributed by atoms with E-state index in [0.29, 0.717) is 12.1 Å². The second kappa shape index (κ2) is 10.4. The van der Waals surface area contributed by atoms with Crippen LogP contribution in [0.15, 0.2) is 54.6 Å². The van der Waals surface area contributed by atoms with Gasteiger partial charge in [0.2, 0.25) is 5.91 Å². The van der Waals surface area contributed by atoms with Gasteiger partial charge in [-0.15, -0.1) is 23.2 Å². The lowest BCUT2D eigenvalue weighted by atomic mass is 10.0. The quantitative estimate of drug-likeness (QED) is 0.219. The molecule has 2 amide bonds. The molecule has 0 spiro atoms. The molecule has 2 atom stereocenters. The van der Waals surface area contributed by atoms with Crippen LogP contribution in [0.5, 0.6) is 0 Å². The fraction of sp³-hybridized carbons (Fsp3) is 0.200.